The maximum atomic E-state index is 12.5. The number of aromatic nitrogens is 1. The van der Waals surface area contributed by atoms with Crippen LogP contribution in [-0.4, -0.2) is 20.4 Å². The smallest absolute Gasteiger partial charge is 0.263 e. The molecule has 0 unspecified atom stereocenters. The van der Waals surface area contributed by atoms with Crippen molar-refractivity contribution in [3.63, 3.8) is 0 Å². The van der Waals surface area contributed by atoms with Gasteiger partial charge in [0.15, 0.2) is 0 Å². The fourth-order valence-electron chi connectivity index (χ4n) is 2.55. The Balaban J connectivity index is 1.76. The van der Waals surface area contributed by atoms with Gasteiger partial charge < -0.3 is 4.90 Å². The highest BCUT2D eigenvalue weighted by atomic mass is 32.2. The third kappa shape index (κ3) is 4.03. The van der Waals surface area contributed by atoms with Gasteiger partial charge in [-0.15, -0.1) is 0 Å². The topological polar surface area (TPSA) is 62.3 Å². The Bertz CT molecular complexity index is 954. The van der Waals surface area contributed by atoms with Gasteiger partial charge in [-0.25, -0.2) is 13.4 Å². The van der Waals surface area contributed by atoms with Crippen molar-refractivity contribution in [1.82, 2.24) is 4.98 Å². The maximum Gasteiger partial charge on any atom is 0.263 e. The molecule has 0 atom stereocenters. The molecule has 1 heterocycles. The van der Waals surface area contributed by atoms with Crippen LogP contribution in [0.5, 0.6) is 0 Å². The Morgan fingerprint density at radius 1 is 0.923 bits per heavy atom. The first-order valence-corrected chi connectivity index (χ1v) is 9.84. The van der Waals surface area contributed by atoms with Crippen LogP contribution in [0.3, 0.4) is 0 Å². The van der Waals surface area contributed by atoms with Crippen molar-refractivity contribution in [2.24, 2.45) is 0 Å². The van der Waals surface area contributed by atoms with Crippen molar-refractivity contribution < 1.29 is 8.42 Å². The minimum absolute atomic E-state index is 0.224. The summed E-state index contributed by atoms with van der Waals surface area (Å²) in [6.45, 7) is 2.03. The van der Waals surface area contributed by atoms with Crippen LogP contribution >= 0.6 is 0 Å². The lowest BCUT2D eigenvalue weighted by Gasteiger charge is -2.19. The quantitative estimate of drug-likeness (QED) is 0.709. The molecule has 26 heavy (non-hydrogen) atoms. The number of pyridine rings is 1. The highest BCUT2D eigenvalue weighted by Gasteiger charge is 2.15. The average molecular weight is 367 g/mol. The minimum Gasteiger partial charge on any atom is -0.343 e. The second-order valence-corrected chi connectivity index (χ2v) is 7.58. The number of hydrogen-bond donors (Lipinski definition) is 1. The van der Waals surface area contributed by atoms with Gasteiger partial charge in [0.2, 0.25) is 0 Å². The number of nitrogens with zero attached hydrogens (tertiary/aromatic N) is 2. The standard InChI is InChI=1S/C20H21N3O2S/c1-3-16-9-12-19(13-10-16)26(24,25)22-20-14-11-18(15-21-20)23(2)17-7-5-4-6-8-17/h4-15H,3H2,1-2H3,(H,21,22). The summed E-state index contributed by atoms with van der Waals surface area (Å²) in [4.78, 5) is 6.44. The number of rotatable bonds is 6. The Hall–Kier alpha value is -2.86. The Morgan fingerprint density at radius 2 is 1.62 bits per heavy atom. The Morgan fingerprint density at radius 3 is 2.19 bits per heavy atom. The lowest BCUT2D eigenvalue weighted by molar-refractivity contribution is 0.601. The number of benzene rings is 2. The van der Waals surface area contributed by atoms with E-state index in [1.54, 1.807) is 24.4 Å². The van der Waals surface area contributed by atoms with E-state index in [2.05, 4.69) is 9.71 Å². The van der Waals surface area contributed by atoms with E-state index in [1.165, 1.54) is 0 Å². The van der Waals surface area contributed by atoms with Crippen molar-refractivity contribution in [1.29, 1.82) is 0 Å². The molecule has 0 saturated carbocycles. The molecular weight excluding hydrogens is 346 g/mol. The minimum atomic E-state index is -3.65. The van der Waals surface area contributed by atoms with E-state index >= 15 is 0 Å². The summed E-state index contributed by atoms with van der Waals surface area (Å²) in [5, 5.41) is 0. The van der Waals surface area contributed by atoms with E-state index in [9.17, 15) is 8.42 Å². The van der Waals surface area contributed by atoms with Crippen LogP contribution in [-0.2, 0) is 16.4 Å². The van der Waals surface area contributed by atoms with E-state index in [0.717, 1.165) is 23.4 Å². The zero-order chi connectivity index (χ0) is 18.6. The first-order chi connectivity index (χ1) is 12.5. The monoisotopic (exact) mass is 367 g/mol. The van der Waals surface area contributed by atoms with E-state index in [4.69, 9.17) is 0 Å². The van der Waals surface area contributed by atoms with Crippen LogP contribution in [0.1, 0.15) is 12.5 Å². The molecule has 3 rings (SSSR count). The summed E-state index contributed by atoms with van der Waals surface area (Å²) in [5.41, 5.74) is 2.99. The summed E-state index contributed by atoms with van der Waals surface area (Å²) >= 11 is 0. The van der Waals surface area contributed by atoms with E-state index in [-0.39, 0.29) is 10.7 Å². The van der Waals surface area contributed by atoms with Crippen LogP contribution in [0.25, 0.3) is 0 Å². The predicted molar refractivity (Wildman–Crippen MR) is 105 cm³/mol. The summed E-state index contributed by atoms with van der Waals surface area (Å²) in [7, 11) is -1.71. The Labute approximate surface area is 154 Å². The van der Waals surface area contributed by atoms with Gasteiger partial charge in [0.25, 0.3) is 10.0 Å². The third-order valence-electron chi connectivity index (χ3n) is 4.16. The molecule has 0 spiro atoms. The highest BCUT2D eigenvalue weighted by molar-refractivity contribution is 7.92. The molecule has 0 radical (unpaired) electrons. The molecule has 0 fully saturated rings. The lowest BCUT2D eigenvalue weighted by atomic mass is 10.2. The van der Waals surface area contributed by atoms with Crippen LogP contribution in [0.2, 0.25) is 0 Å². The van der Waals surface area contributed by atoms with Crippen LogP contribution in [0.15, 0.2) is 77.8 Å². The Kier molecular flexibility index (Phi) is 5.23. The summed E-state index contributed by atoms with van der Waals surface area (Å²) < 4.78 is 27.5. The lowest BCUT2D eigenvalue weighted by Crippen LogP contribution is -2.14. The molecule has 1 aromatic heterocycles. The maximum absolute atomic E-state index is 12.5. The van der Waals surface area contributed by atoms with Gasteiger partial charge in [0.1, 0.15) is 5.82 Å². The van der Waals surface area contributed by atoms with Crippen molar-refractivity contribution in [3.05, 3.63) is 78.5 Å². The molecule has 0 amide bonds. The van der Waals surface area contributed by atoms with Crippen molar-refractivity contribution >= 4 is 27.2 Å². The number of nitrogens with one attached hydrogen (secondary N) is 1. The summed E-state index contributed by atoms with van der Waals surface area (Å²) in [5.74, 6) is 0.287. The molecule has 6 heteroatoms. The van der Waals surface area contributed by atoms with Crippen LogP contribution in [0, 0.1) is 0 Å². The van der Waals surface area contributed by atoms with E-state index in [1.807, 2.05) is 67.4 Å². The van der Waals surface area contributed by atoms with Crippen LogP contribution in [0.4, 0.5) is 17.2 Å². The molecule has 0 saturated heterocycles. The molecule has 1 N–H and O–H groups in total. The number of sulfonamides is 1. The van der Waals surface area contributed by atoms with Crippen molar-refractivity contribution in [3.8, 4) is 0 Å². The summed E-state index contributed by atoms with van der Waals surface area (Å²) in [6.07, 6.45) is 2.51. The molecule has 0 aliphatic heterocycles. The fraction of sp³-hybridized carbons (Fsp3) is 0.150. The molecule has 0 aliphatic carbocycles. The molecule has 0 aliphatic rings. The molecule has 5 nitrogen and oxygen atoms in total. The number of aryl methyl sites for hydroxylation is 1. The van der Waals surface area contributed by atoms with Gasteiger partial charge in [-0.3, -0.25) is 4.72 Å². The molecule has 0 bridgehead atoms. The summed E-state index contributed by atoms with van der Waals surface area (Å²) in [6, 6.07) is 20.2. The second-order valence-electron chi connectivity index (χ2n) is 5.90. The number of para-hydroxylation sites is 1. The number of anilines is 3. The molecule has 2 aromatic carbocycles. The van der Waals surface area contributed by atoms with Gasteiger partial charge in [-0.1, -0.05) is 37.3 Å². The van der Waals surface area contributed by atoms with Crippen LogP contribution < -0.4 is 9.62 Å². The van der Waals surface area contributed by atoms with Gasteiger partial charge >= 0.3 is 0 Å². The molecule has 134 valence electrons. The van der Waals surface area contributed by atoms with Crippen molar-refractivity contribution in [2.45, 2.75) is 18.2 Å². The van der Waals surface area contributed by atoms with Gasteiger partial charge in [0.05, 0.1) is 16.8 Å². The molecule has 3 aromatic rings. The first kappa shape index (κ1) is 17.9. The normalized spacial score (nSPS) is 11.2. The zero-order valence-corrected chi connectivity index (χ0v) is 15.6. The SMILES string of the molecule is CCc1ccc(S(=O)(=O)Nc2ccc(N(C)c3ccccc3)cn2)cc1. The average Bonchev–Trinajstić information content (AvgIpc) is 2.68. The van der Waals surface area contributed by atoms with Gasteiger partial charge in [0, 0.05) is 12.7 Å². The molecular formula is C20H21N3O2S. The van der Waals surface area contributed by atoms with E-state index < -0.39 is 10.0 Å². The fourth-order valence-corrected chi connectivity index (χ4v) is 3.55. The van der Waals surface area contributed by atoms with E-state index in [0.29, 0.717) is 0 Å². The second kappa shape index (κ2) is 7.58. The predicted octanol–water partition coefficient (Wildman–Crippen LogP) is 4.21. The zero-order valence-electron chi connectivity index (χ0n) is 14.8. The third-order valence-corrected chi connectivity index (χ3v) is 5.53. The number of hydrogen-bond acceptors (Lipinski definition) is 4. The largest absolute Gasteiger partial charge is 0.343 e. The van der Waals surface area contributed by atoms with Crippen molar-refractivity contribution in [2.75, 3.05) is 16.7 Å². The van der Waals surface area contributed by atoms with Gasteiger partial charge in [-0.05, 0) is 48.4 Å². The van der Waals surface area contributed by atoms with Gasteiger partial charge in [-0.2, -0.15) is 0 Å². The highest BCUT2D eigenvalue weighted by Crippen LogP contribution is 2.24. The first-order valence-electron chi connectivity index (χ1n) is 8.36.